The monoisotopic (exact) mass is 564 g/mol. The summed E-state index contributed by atoms with van der Waals surface area (Å²) in [6, 6.07) is 31.7. The van der Waals surface area contributed by atoms with Gasteiger partial charge < -0.3 is 4.74 Å². The Kier molecular flexibility index (Phi) is 4.90. The minimum absolute atomic E-state index is 0.0670. The Hall–Kier alpha value is -4.20. The van der Waals surface area contributed by atoms with Crippen LogP contribution in [0.4, 0.5) is 0 Å². The molecule has 2 unspecified atom stereocenters. The third-order valence-corrected chi connectivity index (χ3v) is 12.1. The molecule has 0 radical (unpaired) electrons. The van der Waals surface area contributed by atoms with Gasteiger partial charge in [-0.05, 0) is 82.3 Å². The molecule has 0 N–H and O–H groups in total. The van der Waals surface area contributed by atoms with Crippen molar-refractivity contribution in [2.45, 2.75) is 51.9 Å². The second-order valence-corrected chi connectivity index (χ2v) is 15.0. The van der Waals surface area contributed by atoms with Gasteiger partial charge in [-0.3, -0.25) is 0 Å². The summed E-state index contributed by atoms with van der Waals surface area (Å²) < 4.78 is 11.8. The first-order chi connectivity index (χ1) is 20.4. The summed E-state index contributed by atoms with van der Waals surface area (Å²) in [5, 5.41) is 2.82. The van der Waals surface area contributed by atoms with E-state index in [1.54, 1.807) is 5.57 Å². The second-order valence-electron chi connectivity index (χ2n) is 13.1. The maximum Gasteiger partial charge on any atom is 0.451 e. The van der Waals surface area contributed by atoms with Crippen LogP contribution in [0.3, 0.4) is 0 Å². The fourth-order valence-corrected chi connectivity index (χ4v) is 10.2. The third kappa shape index (κ3) is 3.18. The van der Waals surface area contributed by atoms with Crippen LogP contribution in [0.1, 0.15) is 72.1 Å². The van der Waals surface area contributed by atoms with Crippen molar-refractivity contribution >= 4 is 29.4 Å². The number of aryl methyl sites for hydroxylation is 1. The Morgan fingerprint density at radius 1 is 0.833 bits per heavy atom. The maximum atomic E-state index is 6.85. The molecule has 0 saturated carbocycles. The zero-order valence-electron chi connectivity index (χ0n) is 24.5. The maximum absolute atomic E-state index is 6.85. The minimum atomic E-state index is -0.974. The van der Waals surface area contributed by atoms with Crippen LogP contribution in [0.15, 0.2) is 103 Å². The van der Waals surface area contributed by atoms with E-state index in [0.717, 1.165) is 24.5 Å². The molecule has 0 saturated heterocycles. The lowest BCUT2D eigenvalue weighted by Gasteiger charge is -2.25. The van der Waals surface area contributed by atoms with Gasteiger partial charge in [0, 0.05) is 35.2 Å². The number of nitrogens with zero attached hydrogens (tertiary/aromatic N) is 2. The first-order valence-electron chi connectivity index (χ1n) is 15.0. The summed E-state index contributed by atoms with van der Waals surface area (Å²) in [4.78, 5) is 0. The average molecular weight is 565 g/mol. The third-order valence-electron chi connectivity index (χ3n) is 9.69. The van der Waals surface area contributed by atoms with E-state index >= 15 is 0 Å². The summed E-state index contributed by atoms with van der Waals surface area (Å²) >= 11 is 0. The van der Waals surface area contributed by atoms with E-state index in [2.05, 4.69) is 134 Å². The molecule has 4 heterocycles. The predicted octanol–water partition coefficient (Wildman–Crippen LogP) is 8.77. The molecule has 2 bridgehead atoms. The van der Waals surface area contributed by atoms with Crippen LogP contribution in [-0.2, 0) is 11.8 Å². The molecule has 3 aliphatic rings. The van der Waals surface area contributed by atoms with Crippen LogP contribution in [0, 0.1) is 6.92 Å². The molecule has 204 valence electrons. The average Bonchev–Trinajstić information content (AvgIpc) is 3.51. The number of benzene rings is 3. The topological polar surface area (TPSA) is 17.2 Å². The van der Waals surface area contributed by atoms with Crippen LogP contribution >= 0.6 is 7.84 Å². The lowest BCUT2D eigenvalue weighted by atomic mass is 9.79. The van der Waals surface area contributed by atoms with E-state index in [1.165, 1.54) is 60.5 Å². The Balaban J connectivity index is 1.53. The van der Waals surface area contributed by atoms with Crippen molar-refractivity contribution in [2.75, 3.05) is 0 Å². The standard InChI is InChI=1S/C38H33N2OP/c1-23-31-18-14-25-13-15-28-34(24-10-6-5-7-11-24)29-17-16-27-30-22-26(38(2,3)4)19-21-39(30)42(37(27)36(29)35(28)33(23)25)40-20-9-8-12-32(40)41-31/h5-12,14,16-22,34H,13,15H2,1-4H3/q+2. The summed E-state index contributed by atoms with van der Waals surface area (Å²) in [6.07, 6.45) is 6.70. The normalized spacial score (nSPS) is 17.1. The highest BCUT2D eigenvalue weighted by Crippen LogP contribution is 2.58. The van der Waals surface area contributed by atoms with Crippen molar-refractivity contribution in [2.24, 2.45) is 0 Å². The summed E-state index contributed by atoms with van der Waals surface area (Å²) in [5.74, 6) is 2.11. The molecule has 0 spiro atoms. The smallest absolute Gasteiger partial charge is 0.404 e. The molecule has 3 nitrogen and oxygen atoms in total. The van der Waals surface area contributed by atoms with Crippen LogP contribution in [0.25, 0.3) is 21.6 Å². The number of pyridine rings is 2. The molecule has 42 heavy (non-hydrogen) atoms. The van der Waals surface area contributed by atoms with Crippen molar-refractivity contribution in [1.29, 1.82) is 0 Å². The van der Waals surface area contributed by atoms with Crippen molar-refractivity contribution in [3.8, 4) is 11.6 Å². The zero-order chi connectivity index (χ0) is 28.3. The highest BCUT2D eigenvalue weighted by Gasteiger charge is 2.44. The van der Waals surface area contributed by atoms with Gasteiger partial charge in [0.1, 0.15) is 10.9 Å². The molecule has 3 aromatic heterocycles. The van der Waals surface area contributed by atoms with E-state index in [4.69, 9.17) is 4.74 Å². The van der Waals surface area contributed by atoms with Gasteiger partial charge in [-0.15, -0.1) is 4.16 Å². The van der Waals surface area contributed by atoms with E-state index in [0.29, 0.717) is 0 Å². The number of ether oxygens (including phenoxy) is 1. The Bertz CT molecular complexity index is 2160. The molecule has 6 aromatic rings. The van der Waals surface area contributed by atoms with Gasteiger partial charge in [0.2, 0.25) is 5.52 Å². The largest absolute Gasteiger partial charge is 0.451 e. The number of allylic oxidation sites excluding steroid dienone is 1. The van der Waals surface area contributed by atoms with Crippen LogP contribution < -0.4 is 13.2 Å². The molecule has 3 aromatic carbocycles. The van der Waals surface area contributed by atoms with Crippen molar-refractivity contribution in [3.63, 3.8) is 0 Å². The summed E-state index contributed by atoms with van der Waals surface area (Å²) in [7, 11) is -0.974. The van der Waals surface area contributed by atoms with Gasteiger partial charge >= 0.3 is 13.7 Å². The van der Waals surface area contributed by atoms with Crippen LogP contribution in [-0.4, -0.2) is 0 Å². The van der Waals surface area contributed by atoms with Crippen molar-refractivity contribution < 1.29 is 13.2 Å². The van der Waals surface area contributed by atoms with E-state index in [-0.39, 0.29) is 11.3 Å². The van der Waals surface area contributed by atoms with Gasteiger partial charge in [0.15, 0.2) is 12.4 Å². The summed E-state index contributed by atoms with van der Waals surface area (Å²) in [5.41, 5.74) is 14.2. The van der Waals surface area contributed by atoms with Gasteiger partial charge in [-0.1, -0.05) is 67.6 Å². The van der Waals surface area contributed by atoms with E-state index < -0.39 is 7.84 Å². The molecule has 0 fully saturated rings. The number of fused-ring (bicyclic) bond motifs is 6. The molecule has 1 aliphatic heterocycles. The SMILES string of the molecule is Cc1c2ccc3c1C1=C(CC3)C(c3ccccc3)c3ccc4c5cc(C(C)(C)C)cc[n+]5p(c4c31)-[n+]1ccccc1O2. The van der Waals surface area contributed by atoms with Gasteiger partial charge in [-0.25, -0.2) is 0 Å². The number of hydrogen-bond donors (Lipinski definition) is 0. The first-order valence-corrected chi connectivity index (χ1v) is 16.3. The molecule has 0 amide bonds. The Labute approximate surface area is 247 Å². The van der Waals surface area contributed by atoms with Gasteiger partial charge in [-0.2, -0.15) is 0 Å². The van der Waals surface area contributed by atoms with Crippen LogP contribution in [0.5, 0.6) is 11.6 Å². The highest BCUT2D eigenvalue weighted by atomic mass is 31.1. The second kappa shape index (κ2) is 8.43. The minimum Gasteiger partial charge on any atom is -0.404 e. The van der Waals surface area contributed by atoms with Gasteiger partial charge in [0.25, 0.3) is 0 Å². The highest BCUT2D eigenvalue weighted by molar-refractivity contribution is 7.42. The van der Waals surface area contributed by atoms with Crippen molar-refractivity contribution in [3.05, 3.63) is 142 Å². The Morgan fingerprint density at radius 3 is 2.50 bits per heavy atom. The quantitative estimate of drug-likeness (QED) is 0.195. The van der Waals surface area contributed by atoms with E-state index in [9.17, 15) is 0 Å². The molecule has 4 heteroatoms. The summed E-state index contributed by atoms with van der Waals surface area (Å²) in [6.45, 7) is 9.19. The van der Waals surface area contributed by atoms with Gasteiger partial charge in [0.05, 0.1) is 11.5 Å². The van der Waals surface area contributed by atoms with E-state index in [1.807, 2.05) is 0 Å². The molecule has 2 atom stereocenters. The molecule has 2 aliphatic carbocycles. The molecular formula is C38H33N2OP+2. The van der Waals surface area contributed by atoms with Crippen molar-refractivity contribution in [1.82, 2.24) is 0 Å². The fraction of sp³-hybridized carbons (Fsp3) is 0.211. The zero-order valence-corrected chi connectivity index (χ0v) is 25.4. The fourth-order valence-electron chi connectivity index (χ4n) is 7.70. The number of aromatic nitrogens is 2. The lowest BCUT2D eigenvalue weighted by Crippen LogP contribution is -2.34. The Morgan fingerprint density at radius 2 is 1.67 bits per heavy atom. The molecule has 9 rings (SSSR count). The predicted molar refractivity (Wildman–Crippen MR) is 170 cm³/mol. The lowest BCUT2D eigenvalue weighted by molar-refractivity contribution is -0.575. The number of hydrogen-bond acceptors (Lipinski definition) is 1. The molecular weight excluding hydrogens is 531 g/mol. The van der Waals surface area contributed by atoms with Crippen LogP contribution in [0.2, 0.25) is 0 Å². The number of rotatable bonds is 1. The first kappa shape index (κ1) is 24.4.